The molecule has 1 aliphatic rings. The molecule has 2 N–H and O–H groups in total. The summed E-state index contributed by atoms with van der Waals surface area (Å²) < 4.78 is 46.6. The molecule has 1 aliphatic heterocycles. The molecule has 0 bridgehead atoms. The zero-order valence-electron chi connectivity index (χ0n) is 21.4. The van der Waals surface area contributed by atoms with Crippen LogP contribution >= 0.6 is 0 Å². The molecule has 8 nitrogen and oxygen atoms in total. The fourth-order valence-corrected chi connectivity index (χ4v) is 5.25. The molecule has 6 rings (SSSR count). The van der Waals surface area contributed by atoms with E-state index < -0.39 is 17.1 Å². The Bertz CT molecular complexity index is 1760. The molecule has 0 spiro atoms. The number of piperidine rings is 1. The summed E-state index contributed by atoms with van der Waals surface area (Å²) in [7, 11) is 4.12. The van der Waals surface area contributed by atoms with E-state index in [1.54, 1.807) is 28.9 Å². The van der Waals surface area contributed by atoms with Gasteiger partial charge in [-0.2, -0.15) is 0 Å². The Labute approximate surface area is 221 Å². The lowest BCUT2D eigenvalue weighted by atomic mass is 10.0. The summed E-state index contributed by atoms with van der Waals surface area (Å²) in [5.41, 5.74) is 1.14. The van der Waals surface area contributed by atoms with Gasteiger partial charge < -0.3 is 24.5 Å². The van der Waals surface area contributed by atoms with Gasteiger partial charge in [-0.05, 0) is 57.3 Å². The van der Waals surface area contributed by atoms with Gasteiger partial charge in [-0.25, -0.2) is 23.1 Å². The first-order valence-electron chi connectivity index (χ1n) is 12.6. The minimum Gasteiger partial charge on any atom is -0.369 e. The number of hydrogen-bond donors (Lipinski definition) is 2. The minimum absolute atomic E-state index is 0.0165. The number of fused-ring (bicyclic) bond motifs is 3. The van der Waals surface area contributed by atoms with E-state index in [9.17, 15) is 9.18 Å². The zero-order chi connectivity index (χ0) is 27.3. The molecule has 0 radical (unpaired) electrons. The van der Waals surface area contributed by atoms with Gasteiger partial charge in [0.15, 0.2) is 11.2 Å². The summed E-state index contributed by atoms with van der Waals surface area (Å²) in [6.45, 7) is 1.53. The smallest absolute Gasteiger partial charge is 0.227 e. The Morgan fingerprint density at radius 1 is 1.03 bits per heavy atom. The van der Waals surface area contributed by atoms with Gasteiger partial charge in [0.05, 0.1) is 22.8 Å². The van der Waals surface area contributed by atoms with Crippen molar-refractivity contribution in [1.82, 2.24) is 24.3 Å². The maximum absolute atomic E-state index is 15.1. The van der Waals surface area contributed by atoms with Crippen molar-refractivity contribution in [2.75, 3.05) is 37.4 Å². The number of hydrogen-bond acceptors (Lipinski definition) is 6. The maximum Gasteiger partial charge on any atom is 0.227 e. The van der Waals surface area contributed by atoms with E-state index in [1.165, 1.54) is 18.2 Å². The molecule has 39 heavy (non-hydrogen) atoms. The van der Waals surface area contributed by atoms with Crippen molar-refractivity contribution in [2.45, 2.75) is 18.9 Å². The van der Waals surface area contributed by atoms with Crippen molar-refractivity contribution >= 4 is 33.9 Å². The topological polar surface area (TPSA) is 81.6 Å². The van der Waals surface area contributed by atoms with Gasteiger partial charge in [-0.15, -0.1) is 0 Å². The molecule has 0 amide bonds. The Morgan fingerprint density at radius 2 is 1.82 bits per heavy atom. The van der Waals surface area contributed by atoms with Crippen LogP contribution in [0.25, 0.3) is 27.8 Å². The summed E-state index contributed by atoms with van der Waals surface area (Å²) in [5.74, 6) is -1.93. The maximum atomic E-state index is 15.1. The lowest BCUT2D eigenvalue weighted by molar-refractivity contribution is 0.249. The summed E-state index contributed by atoms with van der Waals surface area (Å²) in [6.07, 6.45) is 6.14. The van der Waals surface area contributed by atoms with Crippen LogP contribution in [0.4, 0.5) is 30.5 Å². The predicted molar refractivity (Wildman–Crippen MR) is 145 cm³/mol. The van der Waals surface area contributed by atoms with E-state index in [-0.39, 0.29) is 33.9 Å². The standard InChI is InChI=1S/C28H26F3N7O/c1-36(2)18-5-8-37(9-6-18)22-4-3-17(13-19(22)29)34-28-33-15-21(31)27(35-28)16-11-20(30)26-23(12-16)38-10-7-32-25(38)14-24(26)39/h3-4,7,10-15,18,32H,5-6,8-9H2,1-2H3,(H,33,34,35). The normalized spacial score (nSPS) is 14.6. The van der Waals surface area contributed by atoms with Crippen LogP contribution in [-0.4, -0.2) is 57.5 Å². The highest BCUT2D eigenvalue weighted by atomic mass is 19.1. The predicted octanol–water partition coefficient (Wildman–Crippen LogP) is 4.93. The number of halogens is 3. The lowest BCUT2D eigenvalue weighted by Gasteiger charge is -2.36. The average Bonchev–Trinajstić information content (AvgIpc) is 3.38. The first-order valence-corrected chi connectivity index (χ1v) is 12.6. The molecule has 0 saturated carbocycles. The number of anilines is 3. The fourth-order valence-electron chi connectivity index (χ4n) is 5.25. The summed E-state index contributed by atoms with van der Waals surface area (Å²) in [6, 6.07) is 9.14. The number of rotatable bonds is 5. The largest absolute Gasteiger partial charge is 0.369 e. The van der Waals surface area contributed by atoms with E-state index in [1.807, 2.05) is 4.90 Å². The van der Waals surface area contributed by atoms with Gasteiger partial charge in [-0.1, -0.05) is 0 Å². The number of aromatic amines is 1. The third-order valence-corrected chi connectivity index (χ3v) is 7.31. The summed E-state index contributed by atoms with van der Waals surface area (Å²) >= 11 is 0. The van der Waals surface area contributed by atoms with Gasteiger partial charge in [0.1, 0.15) is 23.0 Å². The Morgan fingerprint density at radius 3 is 2.56 bits per heavy atom. The second kappa shape index (κ2) is 9.73. The number of H-pyrrole nitrogens is 1. The summed E-state index contributed by atoms with van der Waals surface area (Å²) in [5, 5.41) is 2.81. The number of nitrogens with zero attached hydrogens (tertiary/aromatic N) is 5. The molecule has 1 saturated heterocycles. The van der Waals surface area contributed by atoms with Gasteiger partial charge in [-0.3, -0.25) is 4.79 Å². The third kappa shape index (κ3) is 4.59. The molecule has 5 aromatic rings. The fraction of sp³-hybridized carbons (Fsp3) is 0.250. The van der Waals surface area contributed by atoms with Crippen molar-refractivity contribution in [3.63, 3.8) is 0 Å². The van der Waals surface area contributed by atoms with Gasteiger partial charge in [0.25, 0.3) is 0 Å². The van der Waals surface area contributed by atoms with Crippen LogP contribution in [0, 0.1) is 17.5 Å². The molecule has 200 valence electrons. The van der Waals surface area contributed by atoms with Crippen LogP contribution in [0.5, 0.6) is 0 Å². The van der Waals surface area contributed by atoms with Crippen LogP contribution in [-0.2, 0) is 0 Å². The molecule has 1 fully saturated rings. The lowest BCUT2D eigenvalue weighted by Crippen LogP contribution is -2.42. The van der Waals surface area contributed by atoms with Gasteiger partial charge in [0.2, 0.25) is 5.95 Å². The molecule has 0 aliphatic carbocycles. The van der Waals surface area contributed by atoms with Crippen LogP contribution in [0.2, 0.25) is 0 Å². The van der Waals surface area contributed by atoms with Crippen molar-refractivity contribution < 1.29 is 13.2 Å². The van der Waals surface area contributed by atoms with E-state index in [0.29, 0.717) is 23.1 Å². The Kier molecular flexibility index (Phi) is 6.22. The number of aromatic nitrogens is 4. The number of pyridine rings is 1. The van der Waals surface area contributed by atoms with Crippen LogP contribution in [0.1, 0.15) is 12.8 Å². The number of benzene rings is 2. The molecular formula is C28H26F3N7O. The second-order valence-electron chi connectivity index (χ2n) is 9.94. The minimum atomic E-state index is -0.789. The van der Waals surface area contributed by atoms with Gasteiger partial charge >= 0.3 is 0 Å². The third-order valence-electron chi connectivity index (χ3n) is 7.31. The monoisotopic (exact) mass is 533 g/mol. The van der Waals surface area contributed by atoms with Crippen LogP contribution < -0.4 is 15.6 Å². The molecule has 0 atom stereocenters. The Hall–Kier alpha value is -4.38. The van der Waals surface area contributed by atoms with Crippen LogP contribution in [0.15, 0.2) is 59.8 Å². The van der Waals surface area contributed by atoms with E-state index in [4.69, 9.17) is 0 Å². The highest BCUT2D eigenvalue weighted by Gasteiger charge is 2.23. The molecule has 0 unspecified atom stereocenters. The van der Waals surface area contributed by atoms with E-state index >= 15 is 8.78 Å². The second-order valence-corrected chi connectivity index (χ2v) is 9.94. The molecule has 11 heteroatoms. The number of imidazole rings is 1. The first kappa shape index (κ1) is 24.9. The number of nitrogens with one attached hydrogen (secondary N) is 2. The quantitative estimate of drug-likeness (QED) is 0.334. The van der Waals surface area contributed by atoms with E-state index in [0.717, 1.165) is 38.2 Å². The Balaban J connectivity index is 1.29. The molecule has 4 heterocycles. The van der Waals surface area contributed by atoms with Crippen molar-refractivity contribution in [3.05, 3.63) is 82.7 Å². The first-order chi connectivity index (χ1) is 18.8. The highest BCUT2D eigenvalue weighted by molar-refractivity contribution is 5.87. The van der Waals surface area contributed by atoms with Crippen molar-refractivity contribution in [3.8, 4) is 11.3 Å². The molecule has 2 aromatic carbocycles. The highest BCUT2D eigenvalue weighted by Crippen LogP contribution is 2.30. The van der Waals surface area contributed by atoms with E-state index in [2.05, 4.69) is 39.3 Å². The molecular weight excluding hydrogens is 507 g/mol. The molecule has 3 aromatic heterocycles. The van der Waals surface area contributed by atoms with Crippen molar-refractivity contribution in [2.24, 2.45) is 0 Å². The summed E-state index contributed by atoms with van der Waals surface area (Å²) in [4.78, 5) is 27.8. The zero-order valence-corrected chi connectivity index (χ0v) is 21.4. The van der Waals surface area contributed by atoms with Crippen molar-refractivity contribution in [1.29, 1.82) is 0 Å². The SMILES string of the molecule is CN(C)C1CCN(c2ccc(Nc3ncc(F)c(-c4cc(F)c5c(=O)cc6[nH]ccn6c5c4)n3)cc2F)CC1. The van der Waals surface area contributed by atoms with Crippen LogP contribution in [0.3, 0.4) is 0 Å². The van der Waals surface area contributed by atoms with Gasteiger partial charge in [0, 0.05) is 48.8 Å². The average molecular weight is 534 g/mol.